The Morgan fingerprint density at radius 1 is 0.861 bits per heavy atom. The normalized spacial score (nSPS) is 10.5. The van der Waals surface area contributed by atoms with E-state index in [2.05, 4.69) is 15.8 Å². The fourth-order valence-electron chi connectivity index (χ4n) is 3.10. The quantitative estimate of drug-likeness (QED) is 0.154. The van der Waals surface area contributed by atoms with Gasteiger partial charge in [0, 0.05) is 5.69 Å². The van der Waals surface area contributed by atoms with Gasteiger partial charge in [0.05, 0.1) is 25.0 Å². The van der Waals surface area contributed by atoms with Crippen LogP contribution in [0.25, 0.3) is 0 Å². The molecule has 0 radical (unpaired) electrons. The number of hydrazone groups is 1. The molecule has 186 valence electrons. The third-order valence-corrected chi connectivity index (χ3v) is 4.73. The van der Waals surface area contributed by atoms with Crippen molar-refractivity contribution in [1.82, 2.24) is 5.43 Å². The highest BCUT2D eigenvalue weighted by atomic mass is 16.6. The van der Waals surface area contributed by atoms with E-state index in [0.29, 0.717) is 41.5 Å². The molecule has 9 heteroatoms. The first-order chi connectivity index (χ1) is 17.4. The zero-order chi connectivity index (χ0) is 25.9. The number of esters is 1. The van der Waals surface area contributed by atoms with E-state index >= 15 is 0 Å². The van der Waals surface area contributed by atoms with Gasteiger partial charge in [0.2, 0.25) is 0 Å². The monoisotopic (exact) mass is 489 g/mol. The summed E-state index contributed by atoms with van der Waals surface area (Å²) in [5.41, 5.74) is 4.55. The number of ether oxygens (including phenoxy) is 3. The smallest absolute Gasteiger partial charge is 0.343 e. The van der Waals surface area contributed by atoms with Crippen molar-refractivity contribution in [2.24, 2.45) is 5.10 Å². The second kappa shape index (κ2) is 12.7. The summed E-state index contributed by atoms with van der Waals surface area (Å²) in [5.74, 6) is -1.10. The fraction of sp³-hybridized carbons (Fsp3) is 0.185. The second-order valence-electron chi connectivity index (χ2n) is 7.51. The van der Waals surface area contributed by atoms with Gasteiger partial charge in [-0.05, 0) is 86.5 Å². The number of nitrogens with zero attached hydrogens (tertiary/aromatic N) is 1. The molecule has 0 fully saturated rings. The van der Waals surface area contributed by atoms with E-state index in [4.69, 9.17) is 14.2 Å². The molecule has 0 aliphatic rings. The molecule has 0 unspecified atom stereocenters. The lowest BCUT2D eigenvalue weighted by atomic mass is 10.2. The van der Waals surface area contributed by atoms with Crippen LogP contribution in [-0.2, 0) is 9.59 Å². The SMILES string of the molecule is CCOc1ccc(C(=O)Oc2ccc(/C=N/NC(=O)C(=O)Nc3cccc(C)c3)cc2OCC)cc1. The van der Waals surface area contributed by atoms with Crippen molar-refractivity contribution < 1.29 is 28.6 Å². The molecule has 0 bridgehead atoms. The maximum Gasteiger partial charge on any atom is 0.343 e. The minimum absolute atomic E-state index is 0.231. The third kappa shape index (κ3) is 7.42. The highest BCUT2D eigenvalue weighted by Gasteiger charge is 2.15. The number of anilines is 1. The molecular weight excluding hydrogens is 462 g/mol. The Balaban J connectivity index is 1.62. The summed E-state index contributed by atoms with van der Waals surface area (Å²) in [6, 6.07) is 18.5. The minimum Gasteiger partial charge on any atom is -0.494 e. The van der Waals surface area contributed by atoms with Gasteiger partial charge in [0.15, 0.2) is 11.5 Å². The van der Waals surface area contributed by atoms with Crippen LogP contribution < -0.4 is 25.0 Å². The van der Waals surface area contributed by atoms with Crippen molar-refractivity contribution in [2.75, 3.05) is 18.5 Å². The zero-order valence-corrected chi connectivity index (χ0v) is 20.2. The molecule has 0 aromatic heterocycles. The van der Waals surface area contributed by atoms with Crippen LogP contribution in [0.5, 0.6) is 17.2 Å². The summed E-state index contributed by atoms with van der Waals surface area (Å²) in [5, 5.41) is 6.33. The van der Waals surface area contributed by atoms with Crippen LogP contribution in [0, 0.1) is 6.92 Å². The summed E-state index contributed by atoms with van der Waals surface area (Å²) in [7, 11) is 0. The van der Waals surface area contributed by atoms with Gasteiger partial charge in [-0.15, -0.1) is 0 Å². The molecule has 36 heavy (non-hydrogen) atoms. The maximum atomic E-state index is 12.6. The Morgan fingerprint density at radius 3 is 2.31 bits per heavy atom. The van der Waals surface area contributed by atoms with E-state index in [-0.39, 0.29) is 5.75 Å². The highest BCUT2D eigenvalue weighted by Crippen LogP contribution is 2.29. The van der Waals surface area contributed by atoms with Crippen LogP contribution >= 0.6 is 0 Å². The first kappa shape index (κ1) is 26.0. The van der Waals surface area contributed by atoms with Crippen molar-refractivity contribution in [3.8, 4) is 17.2 Å². The summed E-state index contributed by atoms with van der Waals surface area (Å²) in [6.45, 7) is 6.42. The van der Waals surface area contributed by atoms with Crippen LogP contribution in [0.4, 0.5) is 5.69 Å². The predicted molar refractivity (Wildman–Crippen MR) is 136 cm³/mol. The van der Waals surface area contributed by atoms with Crippen molar-refractivity contribution in [3.05, 3.63) is 83.4 Å². The number of rotatable bonds is 9. The summed E-state index contributed by atoms with van der Waals surface area (Å²) < 4.78 is 16.5. The lowest BCUT2D eigenvalue weighted by molar-refractivity contribution is -0.136. The van der Waals surface area contributed by atoms with Gasteiger partial charge in [0.1, 0.15) is 5.75 Å². The topological polar surface area (TPSA) is 115 Å². The molecule has 9 nitrogen and oxygen atoms in total. The van der Waals surface area contributed by atoms with Gasteiger partial charge in [-0.3, -0.25) is 9.59 Å². The highest BCUT2D eigenvalue weighted by molar-refractivity contribution is 6.39. The molecule has 0 spiro atoms. The van der Waals surface area contributed by atoms with Gasteiger partial charge in [-0.1, -0.05) is 12.1 Å². The van der Waals surface area contributed by atoms with Gasteiger partial charge in [0.25, 0.3) is 0 Å². The molecule has 2 N–H and O–H groups in total. The molecule has 3 aromatic carbocycles. The van der Waals surface area contributed by atoms with Gasteiger partial charge < -0.3 is 19.5 Å². The number of hydrogen-bond donors (Lipinski definition) is 2. The van der Waals surface area contributed by atoms with Gasteiger partial charge in [-0.2, -0.15) is 5.10 Å². The molecule has 3 aromatic rings. The molecule has 0 atom stereocenters. The Morgan fingerprint density at radius 2 is 1.61 bits per heavy atom. The average Bonchev–Trinajstić information content (AvgIpc) is 2.86. The summed E-state index contributed by atoms with van der Waals surface area (Å²) in [4.78, 5) is 36.6. The molecule has 0 saturated heterocycles. The third-order valence-electron chi connectivity index (χ3n) is 4.73. The Hall–Kier alpha value is -4.66. The van der Waals surface area contributed by atoms with E-state index < -0.39 is 17.8 Å². The predicted octanol–water partition coefficient (Wildman–Crippen LogP) is 4.10. The standard InChI is InChI=1S/C27H27N3O6/c1-4-34-22-12-10-20(11-13-22)27(33)36-23-14-9-19(16-24(23)35-5-2)17-28-30-26(32)25(31)29-21-8-6-7-18(3)15-21/h6-17H,4-5H2,1-3H3,(H,29,31)(H,30,32)/b28-17+. The first-order valence-corrected chi connectivity index (χ1v) is 11.3. The van der Waals surface area contributed by atoms with Crippen LogP contribution in [0.1, 0.15) is 35.3 Å². The van der Waals surface area contributed by atoms with Gasteiger partial charge in [-0.25, -0.2) is 10.2 Å². The Bertz CT molecular complexity index is 1250. The van der Waals surface area contributed by atoms with E-state index in [1.54, 1.807) is 67.6 Å². The largest absolute Gasteiger partial charge is 0.494 e. The van der Waals surface area contributed by atoms with Crippen LogP contribution in [0.15, 0.2) is 71.8 Å². The molecule has 0 saturated carbocycles. The number of amides is 2. The molecule has 0 aliphatic heterocycles. The number of carbonyl (C=O) groups excluding carboxylic acids is 3. The number of aryl methyl sites for hydroxylation is 1. The maximum absolute atomic E-state index is 12.6. The van der Waals surface area contributed by atoms with Crippen molar-refractivity contribution in [2.45, 2.75) is 20.8 Å². The fourth-order valence-corrected chi connectivity index (χ4v) is 3.10. The first-order valence-electron chi connectivity index (χ1n) is 11.3. The zero-order valence-electron chi connectivity index (χ0n) is 20.2. The second-order valence-corrected chi connectivity index (χ2v) is 7.51. The van der Waals surface area contributed by atoms with E-state index in [0.717, 1.165) is 5.56 Å². The van der Waals surface area contributed by atoms with Crippen molar-refractivity contribution in [3.63, 3.8) is 0 Å². The molecule has 2 amide bonds. The Labute approximate surface area is 209 Å². The van der Waals surface area contributed by atoms with Crippen LogP contribution in [0.3, 0.4) is 0 Å². The molecule has 0 heterocycles. The summed E-state index contributed by atoms with van der Waals surface area (Å²) >= 11 is 0. The van der Waals surface area contributed by atoms with Crippen molar-refractivity contribution >= 4 is 29.7 Å². The van der Waals surface area contributed by atoms with Gasteiger partial charge >= 0.3 is 17.8 Å². The number of nitrogens with one attached hydrogen (secondary N) is 2. The Kier molecular flexibility index (Phi) is 9.16. The molecule has 3 rings (SSSR count). The minimum atomic E-state index is -0.918. The van der Waals surface area contributed by atoms with Crippen LogP contribution in [-0.4, -0.2) is 37.2 Å². The number of carbonyl (C=O) groups is 3. The number of benzene rings is 3. The van der Waals surface area contributed by atoms with E-state index in [9.17, 15) is 14.4 Å². The lowest BCUT2D eigenvalue weighted by Gasteiger charge is -2.11. The van der Waals surface area contributed by atoms with E-state index in [1.807, 2.05) is 19.9 Å². The number of hydrogen-bond acceptors (Lipinski definition) is 7. The molecule has 0 aliphatic carbocycles. The average molecular weight is 490 g/mol. The van der Waals surface area contributed by atoms with E-state index in [1.165, 1.54) is 6.21 Å². The lowest BCUT2D eigenvalue weighted by Crippen LogP contribution is -2.32. The summed E-state index contributed by atoms with van der Waals surface area (Å²) in [6.07, 6.45) is 1.35. The van der Waals surface area contributed by atoms with Crippen molar-refractivity contribution in [1.29, 1.82) is 0 Å². The molecular formula is C27H27N3O6. The van der Waals surface area contributed by atoms with Crippen LogP contribution in [0.2, 0.25) is 0 Å².